The standard InChI is InChI=1S/C13H16ClNO3/c14-11-7-9(8-15-12(11)16)13(17)18-10-5-3-1-2-4-6-10/h7-8,10-11H,1-6H2. The number of alkyl halides is 1. The largest absolute Gasteiger partial charge is 0.459 e. The third-order valence-electron chi connectivity index (χ3n) is 3.20. The second-order valence-electron chi connectivity index (χ2n) is 4.64. The van der Waals surface area contributed by atoms with E-state index in [1.807, 2.05) is 0 Å². The molecule has 1 aliphatic heterocycles. The fourth-order valence-corrected chi connectivity index (χ4v) is 2.37. The van der Waals surface area contributed by atoms with Gasteiger partial charge < -0.3 is 4.74 Å². The van der Waals surface area contributed by atoms with Gasteiger partial charge in [0.25, 0.3) is 5.91 Å². The third kappa shape index (κ3) is 3.42. The summed E-state index contributed by atoms with van der Waals surface area (Å²) in [5.74, 6) is -0.869. The van der Waals surface area contributed by atoms with Crippen LogP contribution in [-0.2, 0) is 14.3 Å². The van der Waals surface area contributed by atoms with Gasteiger partial charge in [0.05, 0.1) is 5.57 Å². The van der Waals surface area contributed by atoms with E-state index in [2.05, 4.69) is 4.99 Å². The van der Waals surface area contributed by atoms with E-state index < -0.39 is 17.3 Å². The van der Waals surface area contributed by atoms with Gasteiger partial charge in [0, 0.05) is 6.21 Å². The number of ether oxygens (including phenoxy) is 1. The number of hydrogen-bond acceptors (Lipinski definition) is 3. The molecular weight excluding hydrogens is 254 g/mol. The Balaban J connectivity index is 1.93. The first kappa shape index (κ1) is 13.3. The normalized spacial score (nSPS) is 25.5. The van der Waals surface area contributed by atoms with Crippen LogP contribution in [0.1, 0.15) is 38.5 Å². The van der Waals surface area contributed by atoms with Crippen LogP contribution in [0.3, 0.4) is 0 Å². The van der Waals surface area contributed by atoms with E-state index >= 15 is 0 Å². The summed E-state index contributed by atoms with van der Waals surface area (Å²) < 4.78 is 5.43. The summed E-state index contributed by atoms with van der Waals surface area (Å²) in [6.07, 6.45) is 9.06. The number of carbonyl (C=O) groups excluding carboxylic acids is 2. The highest BCUT2D eigenvalue weighted by molar-refractivity contribution is 6.35. The summed E-state index contributed by atoms with van der Waals surface area (Å²) in [4.78, 5) is 26.5. The summed E-state index contributed by atoms with van der Waals surface area (Å²) in [6, 6.07) is 0. The zero-order chi connectivity index (χ0) is 13.0. The number of esters is 1. The predicted molar refractivity (Wildman–Crippen MR) is 68.8 cm³/mol. The highest BCUT2D eigenvalue weighted by atomic mass is 35.5. The lowest BCUT2D eigenvalue weighted by atomic mass is 10.1. The molecule has 1 fully saturated rings. The molecular formula is C13H16ClNO3. The zero-order valence-corrected chi connectivity index (χ0v) is 10.9. The number of hydrogen-bond donors (Lipinski definition) is 0. The van der Waals surface area contributed by atoms with Crippen molar-refractivity contribution in [3.8, 4) is 0 Å². The molecule has 2 rings (SSSR count). The molecule has 0 radical (unpaired) electrons. The van der Waals surface area contributed by atoms with Crippen molar-refractivity contribution in [1.82, 2.24) is 0 Å². The SMILES string of the molecule is O=C(OC1CCCCCC1)C1=CC(Cl)C(=O)N=C1. The minimum atomic E-state index is -0.855. The van der Waals surface area contributed by atoms with Crippen molar-refractivity contribution in [2.75, 3.05) is 0 Å². The Morgan fingerprint density at radius 3 is 2.56 bits per heavy atom. The van der Waals surface area contributed by atoms with E-state index in [1.165, 1.54) is 25.1 Å². The van der Waals surface area contributed by atoms with Crippen LogP contribution in [0.2, 0.25) is 0 Å². The highest BCUT2D eigenvalue weighted by Gasteiger charge is 2.23. The Morgan fingerprint density at radius 2 is 1.94 bits per heavy atom. The van der Waals surface area contributed by atoms with Crippen LogP contribution in [0.25, 0.3) is 0 Å². The maximum absolute atomic E-state index is 11.9. The number of rotatable bonds is 2. The molecule has 0 aromatic heterocycles. The van der Waals surface area contributed by atoms with E-state index in [-0.39, 0.29) is 11.7 Å². The average molecular weight is 270 g/mol. The number of aliphatic imine (C=N–C) groups is 1. The predicted octanol–water partition coefficient (Wildman–Crippen LogP) is 2.40. The molecule has 0 aromatic rings. The van der Waals surface area contributed by atoms with Crippen LogP contribution in [0.4, 0.5) is 0 Å². The summed E-state index contributed by atoms with van der Waals surface area (Å²) >= 11 is 5.73. The number of amides is 1. The van der Waals surface area contributed by atoms with E-state index in [4.69, 9.17) is 16.3 Å². The summed E-state index contributed by atoms with van der Waals surface area (Å²) in [5, 5.41) is -0.855. The van der Waals surface area contributed by atoms with Crippen LogP contribution in [0.5, 0.6) is 0 Å². The van der Waals surface area contributed by atoms with Gasteiger partial charge in [0.1, 0.15) is 11.5 Å². The third-order valence-corrected chi connectivity index (χ3v) is 3.52. The van der Waals surface area contributed by atoms with Gasteiger partial charge in [-0.05, 0) is 31.8 Å². The molecule has 1 heterocycles. The van der Waals surface area contributed by atoms with Gasteiger partial charge in [0.2, 0.25) is 0 Å². The molecule has 0 bridgehead atoms. The summed E-state index contributed by atoms with van der Waals surface area (Å²) in [6.45, 7) is 0. The van der Waals surface area contributed by atoms with Crippen molar-refractivity contribution in [3.63, 3.8) is 0 Å². The molecule has 98 valence electrons. The number of nitrogens with zero attached hydrogens (tertiary/aromatic N) is 1. The van der Waals surface area contributed by atoms with Crippen LogP contribution in [0.15, 0.2) is 16.6 Å². The highest BCUT2D eigenvalue weighted by Crippen LogP contribution is 2.21. The van der Waals surface area contributed by atoms with Gasteiger partial charge in [-0.2, -0.15) is 0 Å². The minimum absolute atomic E-state index is 0.0132. The van der Waals surface area contributed by atoms with Crippen LogP contribution in [-0.4, -0.2) is 29.6 Å². The fraction of sp³-hybridized carbons (Fsp3) is 0.615. The molecule has 5 heteroatoms. The molecule has 0 spiro atoms. The molecule has 1 amide bonds. The molecule has 0 saturated heterocycles. The molecule has 2 aliphatic rings. The lowest BCUT2D eigenvalue weighted by Crippen LogP contribution is -2.23. The topological polar surface area (TPSA) is 55.7 Å². The second kappa shape index (κ2) is 6.14. The molecule has 0 aromatic carbocycles. The van der Waals surface area contributed by atoms with Gasteiger partial charge in [-0.1, -0.05) is 12.8 Å². The number of dihydropyridines is 1. The number of carbonyl (C=O) groups is 2. The second-order valence-corrected chi connectivity index (χ2v) is 5.11. The Kier molecular flexibility index (Phi) is 4.53. The Bertz CT molecular complexity index is 395. The Morgan fingerprint density at radius 1 is 1.28 bits per heavy atom. The van der Waals surface area contributed by atoms with Crippen molar-refractivity contribution < 1.29 is 14.3 Å². The van der Waals surface area contributed by atoms with Gasteiger partial charge >= 0.3 is 5.97 Å². The molecule has 1 saturated carbocycles. The van der Waals surface area contributed by atoms with E-state index in [9.17, 15) is 9.59 Å². The quantitative estimate of drug-likeness (QED) is 0.439. The first-order chi connectivity index (χ1) is 8.66. The summed E-state index contributed by atoms with van der Waals surface area (Å²) in [5.41, 5.74) is 0.277. The van der Waals surface area contributed by atoms with Gasteiger partial charge in [-0.25, -0.2) is 9.79 Å². The maximum Gasteiger partial charge on any atom is 0.339 e. The molecule has 1 unspecified atom stereocenters. The molecule has 18 heavy (non-hydrogen) atoms. The van der Waals surface area contributed by atoms with Crippen molar-refractivity contribution in [2.45, 2.75) is 50.0 Å². The lowest BCUT2D eigenvalue weighted by molar-refractivity contribution is -0.144. The van der Waals surface area contributed by atoms with Crippen molar-refractivity contribution >= 4 is 29.7 Å². The van der Waals surface area contributed by atoms with E-state index in [1.54, 1.807) is 0 Å². The maximum atomic E-state index is 11.9. The molecule has 0 N–H and O–H groups in total. The lowest BCUT2D eigenvalue weighted by Gasteiger charge is -2.16. The summed E-state index contributed by atoms with van der Waals surface area (Å²) in [7, 11) is 0. The van der Waals surface area contributed by atoms with Gasteiger partial charge in [-0.3, -0.25) is 4.79 Å². The molecule has 4 nitrogen and oxygen atoms in total. The first-order valence-electron chi connectivity index (χ1n) is 6.31. The smallest absolute Gasteiger partial charge is 0.339 e. The first-order valence-corrected chi connectivity index (χ1v) is 6.75. The fourth-order valence-electron chi connectivity index (χ4n) is 2.18. The van der Waals surface area contributed by atoms with Gasteiger partial charge in [-0.15, -0.1) is 11.6 Å². The van der Waals surface area contributed by atoms with Crippen LogP contribution >= 0.6 is 11.6 Å². The average Bonchev–Trinajstić information content (AvgIpc) is 2.61. The van der Waals surface area contributed by atoms with E-state index in [0.717, 1.165) is 25.7 Å². The number of halogens is 1. The minimum Gasteiger partial charge on any atom is -0.459 e. The van der Waals surface area contributed by atoms with E-state index in [0.29, 0.717) is 0 Å². The van der Waals surface area contributed by atoms with Gasteiger partial charge in [0.15, 0.2) is 0 Å². The van der Waals surface area contributed by atoms with Crippen molar-refractivity contribution in [2.24, 2.45) is 4.99 Å². The van der Waals surface area contributed by atoms with Crippen molar-refractivity contribution in [1.29, 1.82) is 0 Å². The van der Waals surface area contributed by atoms with Crippen LogP contribution in [0, 0.1) is 0 Å². The molecule has 1 aliphatic carbocycles. The Labute approximate surface area is 111 Å². The molecule has 1 atom stereocenters. The monoisotopic (exact) mass is 269 g/mol. The Hall–Kier alpha value is -1.16. The van der Waals surface area contributed by atoms with Crippen molar-refractivity contribution in [3.05, 3.63) is 11.6 Å². The van der Waals surface area contributed by atoms with Crippen LogP contribution < -0.4 is 0 Å². The zero-order valence-electron chi connectivity index (χ0n) is 10.1.